The summed E-state index contributed by atoms with van der Waals surface area (Å²) in [6, 6.07) is 9.29. The molecule has 0 aromatic heterocycles. The average molecular weight is 294 g/mol. The lowest BCUT2D eigenvalue weighted by Crippen LogP contribution is -2.31. The minimum absolute atomic E-state index is 0.390. The van der Waals surface area contributed by atoms with Gasteiger partial charge in [-0.25, -0.2) is 0 Å². The van der Waals surface area contributed by atoms with Crippen LogP contribution in [0.1, 0.15) is 70.4 Å². The maximum atomic E-state index is 6.08. The molecule has 1 saturated carbocycles. The Morgan fingerprint density at radius 3 is 2.85 bits per heavy atom. The van der Waals surface area contributed by atoms with Crippen LogP contribution < -0.4 is 5.32 Å². The van der Waals surface area contributed by atoms with Crippen LogP contribution in [-0.2, 0) is 0 Å². The van der Waals surface area contributed by atoms with Gasteiger partial charge in [0.05, 0.1) is 0 Å². The van der Waals surface area contributed by atoms with E-state index in [1.54, 1.807) is 0 Å². The normalized spacial score (nSPS) is 25.1. The highest BCUT2D eigenvalue weighted by Gasteiger charge is 2.20. The maximum Gasteiger partial charge on any atom is 0.0409 e. The van der Waals surface area contributed by atoms with E-state index in [2.05, 4.69) is 31.3 Å². The zero-order chi connectivity index (χ0) is 14.4. The SMILES string of the molecule is CCCC1CCCC(NC(C)c2cccc(Cl)c2)CC1. The minimum atomic E-state index is 0.390. The Kier molecular flexibility index (Phi) is 6.38. The second kappa shape index (κ2) is 8.05. The first-order valence-electron chi connectivity index (χ1n) is 8.20. The molecule has 3 unspecified atom stereocenters. The summed E-state index contributed by atoms with van der Waals surface area (Å²) in [6.45, 7) is 4.56. The van der Waals surface area contributed by atoms with Crippen LogP contribution in [0.15, 0.2) is 24.3 Å². The fourth-order valence-electron chi connectivity index (χ4n) is 3.47. The largest absolute Gasteiger partial charge is 0.307 e. The maximum absolute atomic E-state index is 6.08. The number of halogens is 1. The van der Waals surface area contributed by atoms with Gasteiger partial charge in [0, 0.05) is 17.1 Å². The standard InChI is InChI=1S/C18H28ClN/c1-3-6-15-7-4-10-18(12-11-15)20-14(2)16-8-5-9-17(19)13-16/h5,8-9,13-15,18,20H,3-4,6-7,10-12H2,1-2H3. The summed E-state index contributed by atoms with van der Waals surface area (Å²) in [7, 11) is 0. The van der Waals surface area contributed by atoms with E-state index >= 15 is 0 Å². The van der Waals surface area contributed by atoms with Gasteiger partial charge in [-0.1, -0.05) is 56.3 Å². The van der Waals surface area contributed by atoms with Crippen molar-refractivity contribution < 1.29 is 0 Å². The van der Waals surface area contributed by atoms with Crippen molar-refractivity contribution in [3.8, 4) is 0 Å². The van der Waals surface area contributed by atoms with Crippen molar-refractivity contribution >= 4 is 11.6 Å². The van der Waals surface area contributed by atoms with Crippen molar-refractivity contribution in [1.82, 2.24) is 5.32 Å². The third-order valence-electron chi connectivity index (χ3n) is 4.62. The molecule has 1 aliphatic carbocycles. The van der Waals surface area contributed by atoms with Crippen molar-refractivity contribution in [2.75, 3.05) is 0 Å². The highest BCUT2D eigenvalue weighted by molar-refractivity contribution is 6.30. The van der Waals surface area contributed by atoms with Crippen LogP contribution >= 0.6 is 11.6 Å². The smallest absolute Gasteiger partial charge is 0.0409 e. The summed E-state index contributed by atoms with van der Waals surface area (Å²) in [6.07, 6.45) is 9.61. The zero-order valence-electron chi connectivity index (χ0n) is 12.9. The topological polar surface area (TPSA) is 12.0 Å². The summed E-state index contributed by atoms with van der Waals surface area (Å²) in [4.78, 5) is 0. The molecule has 0 aliphatic heterocycles. The van der Waals surface area contributed by atoms with E-state index in [1.807, 2.05) is 12.1 Å². The fraction of sp³-hybridized carbons (Fsp3) is 0.667. The average Bonchev–Trinajstić information content (AvgIpc) is 2.65. The molecule has 0 heterocycles. The van der Waals surface area contributed by atoms with Crippen LogP contribution in [0, 0.1) is 5.92 Å². The van der Waals surface area contributed by atoms with E-state index in [9.17, 15) is 0 Å². The lowest BCUT2D eigenvalue weighted by molar-refractivity contribution is 0.393. The quantitative estimate of drug-likeness (QED) is 0.683. The van der Waals surface area contributed by atoms with Gasteiger partial charge in [0.25, 0.3) is 0 Å². The van der Waals surface area contributed by atoms with Gasteiger partial charge in [-0.3, -0.25) is 0 Å². The Bertz CT molecular complexity index is 404. The van der Waals surface area contributed by atoms with Crippen LogP contribution in [0.2, 0.25) is 5.02 Å². The Morgan fingerprint density at radius 1 is 1.25 bits per heavy atom. The molecule has 20 heavy (non-hydrogen) atoms. The Hall–Kier alpha value is -0.530. The summed E-state index contributed by atoms with van der Waals surface area (Å²) in [5, 5.41) is 4.64. The van der Waals surface area contributed by atoms with Gasteiger partial charge < -0.3 is 5.32 Å². The molecule has 1 nitrogen and oxygen atoms in total. The van der Waals surface area contributed by atoms with Gasteiger partial charge in [-0.05, 0) is 49.8 Å². The van der Waals surface area contributed by atoms with Gasteiger partial charge in [-0.15, -0.1) is 0 Å². The molecular formula is C18H28ClN. The summed E-state index contributed by atoms with van der Waals surface area (Å²) < 4.78 is 0. The predicted octanol–water partition coefficient (Wildman–Crippen LogP) is 5.74. The van der Waals surface area contributed by atoms with E-state index in [-0.39, 0.29) is 0 Å². The Labute approximate surface area is 129 Å². The molecule has 2 rings (SSSR count). The van der Waals surface area contributed by atoms with Gasteiger partial charge >= 0.3 is 0 Å². The van der Waals surface area contributed by atoms with Gasteiger partial charge in [-0.2, -0.15) is 0 Å². The van der Waals surface area contributed by atoms with E-state index < -0.39 is 0 Å². The summed E-state index contributed by atoms with van der Waals surface area (Å²) in [5.74, 6) is 0.966. The lowest BCUT2D eigenvalue weighted by atomic mass is 9.95. The number of hydrogen-bond acceptors (Lipinski definition) is 1. The van der Waals surface area contributed by atoms with Crippen LogP contribution in [-0.4, -0.2) is 6.04 Å². The zero-order valence-corrected chi connectivity index (χ0v) is 13.6. The highest BCUT2D eigenvalue weighted by Crippen LogP contribution is 2.28. The first-order valence-corrected chi connectivity index (χ1v) is 8.58. The van der Waals surface area contributed by atoms with Crippen molar-refractivity contribution in [1.29, 1.82) is 0 Å². The lowest BCUT2D eigenvalue weighted by Gasteiger charge is -2.22. The molecule has 0 saturated heterocycles. The van der Waals surface area contributed by atoms with Crippen molar-refractivity contribution in [2.45, 2.75) is 70.9 Å². The molecule has 2 heteroatoms. The van der Waals surface area contributed by atoms with Crippen molar-refractivity contribution in [3.63, 3.8) is 0 Å². The summed E-state index contributed by atoms with van der Waals surface area (Å²) >= 11 is 6.08. The van der Waals surface area contributed by atoms with E-state index in [4.69, 9.17) is 11.6 Å². The molecule has 1 fully saturated rings. The number of hydrogen-bond donors (Lipinski definition) is 1. The number of rotatable bonds is 5. The molecule has 0 radical (unpaired) electrons. The van der Waals surface area contributed by atoms with Crippen LogP contribution in [0.5, 0.6) is 0 Å². The molecule has 0 bridgehead atoms. The molecule has 0 spiro atoms. The van der Waals surface area contributed by atoms with Gasteiger partial charge in [0.15, 0.2) is 0 Å². The first kappa shape index (κ1) is 15.9. The van der Waals surface area contributed by atoms with Crippen LogP contribution in [0.25, 0.3) is 0 Å². The molecule has 1 aromatic rings. The minimum Gasteiger partial charge on any atom is -0.307 e. The van der Waals surface area contributed by atoms with Crippen LogP contribution in [0.4, 0.5) is 0 Å². The molecule has 0 amide bonds. The van der Waals surface area contributed by atoms with E-state index in [0.717, 1.165) is 10.9 Å². The second-order valence-corrected chi connectivity index (χ2v) is 6.74. The first-order chi connectivity index (χ1) is 9.69. The number of nitrogens with one attached hydrogen (secondary N) is 1. The summed E-state index contributed by atoms with van der Waals surface area (Å²) in [5.41, 5.74) is 1.30. The predicted molar refractivity (Wildman–Crippen MR) is 88.3 cm³/mol. The monoisotopic (exact) mass is 293 g/mol. The molecule has 1 aromatic carbocycles. The molecular weight excluding hydrogens is 266 g/mol. The van der Waals surface area contributed by atoms with Gasteiger partial charge in [0.2, 0.25) is 0 Å². The fourth-order valence-corrected chi connectivity index (χ4v) is 3.67. The Morgan fingerprint density at radius 2 is 2.10 bits per heavy atom. The molecule has 1 N–H and O–H groups in total. The number of benzene rings is 1. The van der Waals surface area contributed by atoms with E-state index in [0.29, 0.717) is 12.1 Å². The molecule has 112 valence electrons. The third kappa shape index (κ3) is 4.79. The van der Waals surface area contributed by atoms with E-state index in [1.165, 1.54) is 50.5 Å². The van der Waals surface area contributed by atoms with Crippen molar-refractivity contribution in [2.24, 2.45) is 5.92 Å². The Balaban J connectivity index is 1.86. The highest BCUT2D eigenvalue weighted by atomic mass is 35.5. The van der Waals surface area contributed by atoms with Crippen molar-refractivity contribution in [3.05, 3.63) is 34.9 Å². The molecule has 1 aliphatic rings. The second-order valence-electron chi connectivity index (χ2n) is 6.30. The molecule has 3 atom stereocenters. The van der Waals surface area contributed by atoms with Gasteiger partial charge in [0.1, 0.15) is 0 Å². The third-order valence-corrected chi connectivity index (χ3v) is 4.85. The van der Waals surface area contributed by atoms with Crippen LogP contribution in [0.3, 0.4) is 0 Å².